The Kier molecular flexibility index (Phi) is 3.34. The van der Waals surface area contributed by atoms with E-state index in [9.17, 15) is 0 Å². The highest BCUT2D eigenvalue weighted by molar-refractivity contribution is 6.29. The van der Waals surface area contributed by atoms with Crippen molar-refractivity contribution in [2.24, 2.45) is 0 Å². The Balaban J connectivity index is 2.31. The largest absolute Gasteiger partial charge is 0.455 e. The molecule has 0 N–H and O–H groups in total. The van der Waals surface area contributed by atoms with Crippen LogP contribution in [0.4, 0.5) is 0 Å². The number of hydrogen-bond donors (Lipinski definition) is 0. The molecule has 0 saturated carbocycles. The van der Waals surface area contributed by atoms with Crippen LogP contribution in [-0.4, -0.2) is 4.98 Å². The fraction of sp³-hybridized carbons (Fsp3) is 0.214. The first-order valence-electron chi connectivity index (χ1n) is 5.43. The molecule has 0 saturated heterocycles. The lowest BCUT2D eigenvalue weighted by atomic mass is 10.1. The number of aryl methyl sites for hydroxylation is 3. The summed E-state index contributed by atoms with van der Waals surface area (Å²) in [6.45, 7) is 6.05. The van der Waals surface area contributed by atoms with Crippen LogP contribution in [0.5, 0.6) is 11.5 Å². The number of halogens is 1. The summed E-state index contributed by atoms with van der Waals surface area (Å²) < 4.78 is 5.80. The maximum atomic E-state index is 5.80. The molecular formula is C14H14ClNO. The molecule has 0 unspecified atom stereocenters. The molecule has 0 aliphatic rings. The molecular weight excluding hydrogens is 234 g/mol. The van der Waals surface area contributed by atoms with Crippen molar-refractivity contribution in [1.82, 2.24) is 4.98 Å². The molecule has 2 rings (SSSR count). The third-order valence-corrected chi connectivity index (χ3v) is 2.66. The Labute approximate surface area is 106 Å². The van der Waals surface area contributed by atoms with Crippen molar-refractivity contribution in [1.29, 1.82) is 0 Å². The molecule has 1 aromatic heterocycles. The summed E-state index contributed by atoms with van der Waals surface area (Å²) in [5.41, 5.74) is 3.34. The first-order chi connectivity index (χ1) is 8.04. The number of ether oxygens (including phenoxy) is 1. The molecule has 0 aliphatic heterocycles. The summed E-state index contributed by atoms with van der Waals surface area (Å²) >= 11 is 5.80. The molecule has 1 aromatic carbocycles. The smallest absolute Gasteiger partial charge is 0.148 e. The second kappa shape index (κ2) is 4.76. The summed E-state index contributed by atoms with van der Waals surface area (Å²) in [5, 5.41) is 0.482. The van der Waals surface area contributed by atoms with Crippen LogP contribution >= 0.6 is 11.6 Å². The SMILES string of the molecule is Cc1cc(C)cc(Oc2cnc(Cl)cc2C)c1. The minimum absolute atomic E-state index is 0.482. The second-order valence-corrected chi connectivity index (χ2v) is 4.59. The Bertz CT molecular complexity index is 532. The zero-order valence-electron chi connectivity index (χ0n) is 10.1. The summed E-state index contributed by atoms with van der Waals surface area (Å²) in [5.74, 6) is 1.56. The number of rotatable bonds is 2. The summed E-state index contributed by atoms with van der Waals surface area (Å²) in [6, 6.07) is 7.90. The van der Waals surface area contributed by atoms with E-state index >= 15 is 0 Å². The van der Waals surface area contributed by atoms with Crippen molar-refractivity contribution in [2.45, 2.75) is 20.8 Å². The van der Waals surface area contributed by atoms with E-state index in [-0.39, 0.29) is 0 Å². The van der Waals surface area contributed by atoms with Gasteiger partial charge < -0.3 is 4.74 Å². The average molecular weight is 248 g/mol. The minimum Gasteiger partial charge on any atom is -0.455 e. The van der Waals surface area contributed by atoms with E-state index < -0.39 is 0 Å². The van der Waals surface area contributed by atoms with Gasteiger partial charge in [0.25, 0.3) is 0 Å². The average Bonchev–Trinajstić information content (AvgIpc) is 2.21. The zero-order chi connectivity index (χ0) is 12.4. The van der Waals surface area contributed by atoms with Crippen LogP contribution in [0.1, 0.15) is 16.7 Å². The number of pyridine rings is 1. The lowest BCUT2D eigenvalue weighted by Crippen LogP contribution is -1.90. The first kappa shape index (κ1) is 11.9. The number of aromatic nitrogens is 1. The molecule has 2 nitrogen and oxygen atoms in total. The van der Waals surface area contributed by atoms with Crippen LogP contribution < -0.4 is 4.74 Å². The van der Waals surface area contributed by atoms with Crippen LogP contribution in [0.25, 0.3) is 0 Å². The first-order valence-corrected chi connectivity index (χ1v) is 5.81. The quantitative estimate of drug-likeness (QED) is 0.732. The summed E-state index contributed by atoms with van der Waals surface area (Å²) in [4.78, 5) is 4.02. The highest BCUT2D eigenvalue weighted by atomic mass is 35.5. The summed E-state index contributed by atoms with van der Waals surface area (Å²) in [7, 11) is 0. The van der Waals surface area contributed by atoms with Gasteiger partial charge >= 0.3 is 0 Å². The van der Waals surface area contributed by atoms with Crippen LogP contribution in [0.15, 0.2) is 30.5 Å². The molecule has 0 aliphatic carbocycles. The lowest BCUT2D eigenvalue weighted by Gasteiger charge is -2.09. The molecule has 0 bridgehead atoms. The molecule has 2 aromatic rings. The molecule has 3 heteroatoms. The predicted molar refractivity (Wildman–Crippen MR) is 70.0 cm³/mol. The van der Waals surface area contributed by atoms with Crippen molar-refractivity contribution >= 4 is 11.6 Å². The van der Waals surface area contributed by atoms with Gasteiger partial charge in [-0.1, -0.05) is 17.7 Å². The van der Waals surface area contributed by atoms with Crippen LogP contribution in [0.2, 0.25) is 5.15 Å². The van der Waals surface area contributed by atoms with E-state index in [4.69, 9.17) is 16.3 Å². The van der Waals surface area contributed by atoms with Gasteiger partial charge in [-0.05, 0) is 55.7 Å². The van der Waals surface area contributed by atoms with Gasteiger partial charge in [-0.2, -0.15) is 0 Å². The normalized spacial score (nSPS) is 10.4. The fourth-order valence-electron chi connectivity index (χ4n) is 1.73. The van der Waals surface area contributed by atoms with E-state index in [0.717, 1.165) is 17.1 Å². The van der Waals surface area contributed by atoms with Crippen molar-refractivity contribution in [2.75, 3.05) is 0 Å². The molecule has 1 heterocycles. The van der Waals surface area contributed by atoms with Gasteiger partial charge in [0.1, 0.15) is 16.7 Å². The molecule has 0 atom stereocenters. The maximum absolute atomic E-state index is 5.80. The fourth-order valence-corrected chi connectivity index (χ4v) is 1.95. The predicted octanol–water partition coefficient (Wildman–Crippen LogP) is 4.45. The standard InChI is InChI=1S/C14H14ClNO/c1-9-4-10(2)6-12(5-9)17-13-8-16-14(15)7-11(13)3/h4-8H,1-3H3. The van der Waals surface area contributed by atoms with Crippen molar-refractivity contribution < 1.29 is 4.74 Å². The molecule has 0 radical (unpaired) electrons. The van der Waals surface area contributed by atoms with Crippen molar-refractivity contribution in [3.05, 3.63) is 52.3 Å². The van der Waals surface area contributed by atoms with Gasteiger partial charge in [-0.25, -0.2) is 4.98 Å². The molecule has 17 heavy (non-hydrogen) atoms. The number of nitrogens with zero attached hydrogens (tertiary/aromatic N) is 1. The maximum Gasteiger partial charge on any atom is 0.148 e. The van der Waals surface area contributed by atoms with Crippen molar-refractivity contribution in [3.63, 3.8) is 0 Å². The van der Waals surface area contributed by atoms with E-state index in [0.29, 0.717) is 5.15 Å². The molecule has 0 fully saturated rings. The second-order valence-electron chi connectivity index (χ2n) is 4.20. The van der Waals surface area contributed by atoms with E-state index in [1.807, 2.05) is 32.9 Å². The monoisotopic (exact) mass is 247 g/mol. The Morgan fingerprint density at radius 2 is 1.65 bits per heavy atom. The van der Waals surface area contributed by atoms with Gasteiger partial charge in [-0.15, -0.1) is 0 Å². The number of benzene rings is 1. The summed E-state index contributed by atoms with van der Waals surface area (Å²) in [6.07, 6.45) is 1.65. The molecule has 88 valence electrons. The van der Waals surface area contributed by atoms with Gasteiger partial charge in [-0.3, -0.25) is 0 Å². The molecule has 0 spiro atoms. The Morgan fingerprint density at radius 3 is 2.24 bits per heavy atom. The third kappa shape index (κ3) is 2.98. The highest BCUT2D eigenvalue weighted by Gasteiger charge is 2.04. The minimum atomic E-state index is 0.482. The Morgan fingerprint density at radius 1 is 1.00 bits per heavy atom. The van der Waals surface area contributed by atoms with Gasteiger partial charge in [0.05, 0.1) is 6.20 Å². The van der Waals surface area contributed by atoms with Crippen LogP contribution in [0, 0.1) is 20.8 Å². The highest BCUT2D eigenvalue weighted by Crippen LogP contribution is 2.27. The third-order valence-electron chi connectivity index (χ3n) is 2.45. The van der Waals surface area contributed by atoms with Crippen LogP contribution in [0.3, 0.4) is 0 Å². The van der Waals surface area contributed by atoms with E-state index in [1.54, 1.807) is 12.3 Å². The topological polar surface area (TPSA) is 22.1 Å². The Hall–Kier alpha value is -1.54. The zero-order valence-corrected chi connectivity index (χ0v) is 10.9. The lowest BCUT2D eigenvalue weighted by molar-refractivity contribution is 0.475. The van der Waals surface area contributed by atoms with Crippen molar-refractivity contribution in [3.8, 4) is 11.5 Å². The van der Waals surface area contributed by atoms with Gasteiger partial charge in [0, 0.05) is 0 Å². The van der Waals surface area contributed by atoms with Crippen LogP contribution in [-0.2, 0) is 0 Å². The van der Waals surface area contributed by atoms with Gasteiger partial charge in [0.2, 0.25) is 0 Å². The van der Waals surface area contributed by atoms with E-state index in [1.165, 1.54) is 11.1 Å². The molecule has 0 amide bonds. The van der Waals surface area contributed by atoms with Gasteiger partial charge in [0.15, 0.2) is 0 Å². The number of hydrogen-bond acceptors (Lipinski definition) is 2. The van der Waals surface area contributed by atoms with E-state index in [2.05, 4.69) is 11.1 Å².